The molecule has 6 heterocycles. The number of amides is 2. The van der Waals surface area contributed by atoms with Gasteiger partial charge in [0.2, 0.25) is 0 Å². The van der Waals surface area contributed by atoms with E-state index in [1.807, 2.05) is 91.2 Å². The van der Waals surface area contributed by atoms with Gasteiger partial charge < -0.3 is 19.3 Å². The second-order valence-electron chi connectivity index (χ2n) is 18.3. The smallest absolute Gasteiger partial charge is 0.410 e. The third-order valence-corrected chi connectivity index (χ3v) is 11.4. The summed E-state index contributed by atoms with van der Waals surface area (Å²) >= 11 is 0. The Morgan fingerprint density at radius 3 is 1.34 bits per heavy atom. The highest BCUT2D eigenvalue weighted by molar-refractivity contribution is 6.83. The lowest BCUT2D eigenvalue weighted by molar-refractivity contribution is 0.00119. The summed E-state index contributed by atoms with van der Waals surface area (Å²) in [6.45, 7) is 25.9. The van der Waals surface area contributed by atoms with E-state index >= 15 is 0 Å². The predicted molar refractivity (Wildman–Crippen MR) is 232 cm³/mol. The molecular weight excluding hydrogens is 741 g/mol. The lowest BCUT2D eigenvalue weighted by Crippen LogP contribution is -2.52. The number of hydrogen-bond acceptors (Lipinski definition) is 8. The maximum atomic E-state index is 12.7. The van der Waals surface area contributed by atoms with Crippen molar-refractivity contribution in [2.45, 2.75) is 186 Å². The zero-order valence-electron chi connectivity index (χ0n) is 37.3. The van der Waals surface area contributed by atoms with Crippen LogP contribution >= 0.6 is 0 Å². The maximum absolute atomic E-state index is 12.7. The van der Waals surface area contributed by atoms with Crippen molar-refractivity contribution in [1.29, 1.82) is 10.5 Å². The molecule has 312 valence electrons. The first-order chi connectivity index (χ1) is 27.2. The molecule has 2 aromatic heterocycles. The fourth-order valence-electron chi connectivity index (χ4n) is 8.32. The quantitative estimate of drug-likeness (QED) is 0.216. The van der Waals surface area contributed by atoms with Crippen LogP contribution in [-0.2, 0) is 20.3 Å². The van der Waals surface area contributed by atoms with Crippen LogP contribution in [0.5, 0.6) is 0 Å². The molecule has 58 heavy (non-hydrogen) atoms. The molecule has 0 spiro atoms. The number of terminal acetylenes is 1. The van der Waals surface area contributed by atoms with Gasteiger partial charge in [0.1, 0.15) is 19.3 Å². The van der Waals surface area contributed by atoms with Crippen molar-refractivity contribution in [3.8, 4) is 35.9 Å². The zero-order chi connectivity index (χ0) is 43.7. The summed E-state index contributed by atoms with van der Waals surface area (Å²) < 4.78 is 11.2. The molecule has 0 aliphatic carbocycles. The van der Waals surface area contributed by atoms with E-state index in [2.05, 4.69) is 59.1 Å². The standard InChI is InChI=1S/C23H31N3O2Si.C20H23N3O2.2C2H6/c1-22(2,3)28-21(27)26-19-7-8-20(26)13-23(12-19,16-24)18-11-17(14-25-15-18)9-10-29(4,5)6;1-5-14-8-15(12-22-11-14)20(13-21)9-16-6-7-17(10-20)23(16)18(24)25-19(2,3)4;2*1-2/h11,14-15,19-20H,7-8,12-13H2,1-6H3;1,8,11-12,16-17H,6-7,9-10H2,2-4H3;2*1-2H3/t19-,20+,23?;16-,17+,20?;;. The van der Waals surface area contributed by atoms with E-state index in [9.17, 15) is 20.1 Å². The van der Waals surface area contributed by atoms with E-state index in [-0.39, 0.29) is 36.4 Å². The Morgan fingerprint density at radius 2 is 1.03 bits per heavy atom. The molecule has 0 radical (unpaired) electrons. The van der Waals surface area contributed by atoms with Gasteiger partial charge >= 0.3 is 12.2 Å². The van der Waals surface area contributed by atoms with Gasteiger partial charge in [0.05, 0.1) is 23.0 Å². The minimum atomic E-state index is -1.49. The molecule has 0 N–H and O–H groups in total. The molecule has 2 aromatic rings. The number of nitriles is 2. The summed E-state index contributed by atoms with van der Waals surface area (Å²) in [5.41, 5.74) is 4.36. The van der Waals surface area contributed by atoms with Gasteiger partial charge in [-0.1, -0.05) is 59.2 Å². The van der Waals surface area contributed by atoms with E-state index in [4.69, 9.17) is 15.9 Å². The minimum absolute atomic E-state index is 0.0164. The second-order valence-corrected chi connectivity index (χ2v) is 23.1. The van der Waals surface area contributed by atoms with Crippen LogP contribution in [0.4, 0.5) is 9.59 Å². The number of rotatable bonds is 2. The Hall–Kier alpha value is -4.84. The normalized spacial score (nSPS) is 25.5. The molecule has 2 unspecified atom stereocenters. The van der Waals surface area contributed by atoms with Gasteiger partial charge in [-0.05, 0) is 116 Å². The molecule has 2 amide bonds. The van der Waals surface area contributed by atoms with E-state index < -0.39 is 30.1 Å². The van der Waals surface area contributed by atoms with Crippen LogP contribution in [-0.4, -0.2) is 75.4 Å². The number of hydrogen-bond donors (Lipinski definition) is 0. The van der Waals surface area contributed by atoms with Gasteiger partial charge in [-0.15, -0.1) is 12.0 Å². The van der Waals surface area contributed by atoms with Crippen molar-refractivity contribution in [3.05, 3.63) is 59.2 Å². The molecule has 0 aromatic carbocycles. The highest BCUT2D eigenvalue weighted by Gasteiger charge is 2.53. The summed E-state index contributed by atoms with van der Waals surface area (Å²) in [7, 11) is -1.49. The third kappa shape index (κ3) is 11.6. The van der Waals surface area contributed by atoms with Crippen LogP contribution in [0, 0.1) is 46.5 Å². The molecule has 4 saturated heterocycles. The molecule has 6 atom stereocenters. The largest absolute Gasteiger partial charge is 0.444 e. The Morgan fingerprint density at radius 1 is 0.690 bits per heavy atom. The molecule has 0 saturated carbocycles. The molecule has 4 aliphatic rings. The van der Waals surface area contributed by atoms with Crippen molar-refractivity contribution in [3.63, 3.8) is 0 Å². The van der Waals surface area contributed by atoms with Crippen molar-refractivity contribution in [1.82, 2.24) is 19.8 Å². The second kappa shape index (κ2) is 19.3. The molecule has 10 nitrogen and oxygen atoms in total. The van der Waals surface area contributed by atoms with Gasteiger partial charge in [-0.3, -0.25) is 9.97 Å². The van der Waals surface area contributed by atoms with Crippen LogP contribution in [0.25, 0.3) is 0 Å². The molecule has 4 aliphatic heterocycles. The number of fused-ring (bicyclic) bond motifs is 4. The molecule has 4 fully saturated rings. The first kappa shape index (κ1) is 47.5. The summed E-state index contributed by atoms with van der Waals surface area (Å²) in [5, 5.41) is 20.1. The van der Waals surface area contributed by atoms with Gasteiger partial charge in [0.25, 0.3) is 0 Å². The monoisotopic (exact) mass is 806 g/mol. The van der Waals surface area contributed by atoms with E-state index in [0.717, 1.165) is 42.4 Å². The van der Waals surface area contributed by atoms with Crippen molar-refractivity contribution in [2.24, 2.45) is 0 Å². The van der Waals surface area contributed by atoms with Crippen molar-refractivity contribution >= 4 is 20.3 Å². The number of ether oxygens (including phenoxy) is 2. The maximum Gasteiger partial charge on any atom is 0.410 e. The lowest BCUT2D eigenvalue weighted by atomic mass is 9.71. The highest BCUT2D eigenvalue weighted by atomic mass is 28.3. The van der Waals surface area contributed by atoms with E-state index in [0.29, 0.717) is 31.2 Å². The highest BCUT2D eigenvalue weighted by Crippen LogP contribution is 2.49. The Balaban J connectivity index is 0.000000288. The van der Waals surface area contributed by atoms with Crippen LogP contribution < -0.4 is 0 Å². The average Bonchev–Trinajstić information content (AvgIpc) is 3.62. The first-order valence-electron chi connectivity index (χ1n) is 21.0. The van der Waals surface area contributed by atoms with Crippen molar-refractivity contribution in [2.75, 3.05) is 0 Å². The molecule has 6 rings (SSSR count). The van der Waals surface area contributed by atoms with Crippen LogP contribution in [0.2, 0.25) is 19.6 Å². The summed E-state index contributed by atoms with van der Waals surface area (Å²) in [6.07, 6.45) is 17.9. The van der Waals surface area contributed by atoms with Crippen molar-refractivity contribution < 1.29 is 19.1 Å². The molecular formula is C47H66N6O4Si. The van der Waals surface area contributed by atoms with Crippen LogP contribution in [0.1, 0.15) is 143 Å². The summed E-state index contributed by atoms with van der Waals surface area (Å²) in [5.74, 6) is 5.83. The Labute approximate surface area is 350 Å². The molecule has 11 heteroatoms. The number of piperidine rings is 2. The summed E-state index contributed by atoms with van der Waals surface area (Å²) in [6, 6.07) is 9.07. The fraction of sp³-hybridized carbons (Fsp3) is 0.617. The summed E-state index contributed by atoms with van der Waals surface area (Å²) in [4.78, 5) is 37.6. The fourth-order valence-corrected chi connectivity index (χ4v) is 8.84. The lowest BCUT2D eigenvalue weighted by Gasteiger charge is -2.43. The van der Waals surface area contributed by atoms with Crippen LogP contribution in [0.3, 0.4) is 0 Å². The average molecular weight is 807 g/mol. The van der Waals surface area contributed by atoms with E-state index in [1.165, 1.54) is 0 Å². The number of carbonyl (C=O) groups excluding carboxylic acids is 2. The zero-order valence-corrected chi connectivity index (χ0v) is 38.3. The van der Waals surface area contributed by atoms with Crippen LogP contribution in [0.15, 0.2) is 36.9 Å². The topological polar surface area (TPSA) is 132 Å². The van der Waals surface area contributed by atoms with Gasteiger partial charge in [-0.25, -0.2) is 9.59 Å². The number of pyridine rings is 2. The Bertz CT molecular complexity index is 1920. The van der Waals surface area contributed by atoms with Gasteiger partial charge in [-0.2, -0.15) is 10.5 Å². The van der Waals surface area contributed by atoms with E-state index in [1.54, 1.807) is 24.8 Å². The Kier molecular flexibility index (Phi) is 15.8. The predicted octanol–water partition coefficient (Wildman–Crippen LogP) is 10.1. The number of nitrogens with zero attached hydrogens (tertiary/aromatic N) is 6. The minimum Gasteiger partial charge on any atom is -0.444 e. The molecule has 4 bridgehead atoms. The van der Waals surface area contributed by atoms with Gasteiger partial charge in [0.15, 0.2) is 0 Å². The SMILES string of the molecule is C#Cc1cncc(C2(C#N)C[C@H]3CC[C@@H](C2)N3C(=O)OC(C)(C)C)c1.CC.CC.CC(C)(C)OC(=O)N1[C@@H]2CC[C@H]1CC(C#N)(c1cncc(C#C[Si](C)(C)C)c1)C2. The third-order valence-electron chi connectivity index (χ3n) is 10.5. The number of aromatic nitrogens is 2. The first-order valence-corrected chi connectivity index (χ1v) is 24.5. The van der Waals surface area contributed by atoms with Gasteiger partial charge in [0, 0.05) is 60.1 Å². The number of carbonyl (C=O) groups is 2.